The van der Waals surface area contributed by atoms with Crippen LogP contribution in [0.25, 0.3) is 11.3 Å². The number of likely N-dealkylation sites (N-methyl/N-ethyl adjacent to an activating group) is 1. The Hall–Kier alpha value is -3.19. The maximum absolute atomic E-state index is 13.0. The van der Waals surface area contributed by atoms with Crippen molar-refractivity contribution in [1.82, 2.24) is 20.1 Å². The van der Waals surface area contributed by atoms with E-state index in [2.05, 4.69) is 15.2 Å². The molecule has 0 spiro atoms. The Kier molecular flexibility index (Phi) is 5.83. The third-order valence-corrected chi connectivity index (χ3v) is 4.33. The normalized spacial score (nSPS) is 11.8. The lowest BCUT2D eigenvalue weighted by molar-refractivity contribution is 0.0589. The molecular formula is C20H22N4O3. The van der Waals surface area contributed by atoms with Crippen molar-refractivity contribution < 1.29 is 14.3 Å². The molecular weight excluding hydrogens is 344 g/mol. The maximum Gasteiger partial charge on any atom is 0.272 e. The second-order valence-electron chi connectivity index (χ2n) is 6.01. The Morgan fingerprint density at radius 2 is 1.96 bits per heavy atom. The van der Waals surface area contributed by atoms with Crippen molar-refractivity contribution in [3.63, 3.8) is 0 Å². The number of hydrogen-bond acceptors (Lipinski definition) is 5. The van der Waals surface area contributed by atoms with Crippen LogP contribution in [0, 0.1) is 0 Å². The van der Waals surface area contributed by atoms with Gasteiger partial charge in [-0.3, -0.25) is 14.9 Å². The van der Waals surface area contributed by atoms with Crippen LogP contribution in [0.3, 0.4) is 0 Å². The molecule has 0 aliphatic carbocycles. The number of benzene rings is 1. The summed E-state index contributed by atoms with van der Waals surface area (Å²) in [5.74, 6) is 0.499. The number of amides is 1. The van der Waals surface area contributed by atoms with Gasteiger partial charge in [-0.2, -0.15) is 5.10 Å². The van der Waals surface area contributed by atoms with E-state index in [9.17, 15) is 4.79 Å². The molecule has 1 atom stereocenters. The van der Waals surface area contributed by atoms with Crippen LogP contribution < -0.4 is 4.74 Å². The molecule has 27 heavy (non-hydrogen) atoms. The molecule has 7 heteroatoms. The highest BCUT2D eigenvalue weighted by atomic mass is 16.5. The number of hydrogen-bond donors (Lipinski definition) is 1. The Morgan fingerprint density at radius 3 is 2.67 bits per heavy atom. The van der Waals surface area contributed by atoms with E-state index in [4.69, 9.17) is 9.47 Å². The summed E-state index contributed by atoms with van der Waals surface area (Å²) < 4.78 is 10.7. The van der Waals surface area contributed by atoms with Gasteiger partial charge >= 0.3 is 0 Å². The topological polar surface area (TPSA) is 80.3 Å². The summed E-state index contributed by atoms with van der Waals surface area (Å²) in [6.45, 7) is 0.340. The molecule has 1 aromatic carbocycles. The summed E-state index contributed by atoms with van der Waals surface area (Å²) in [7, 11) is 4.93. The monoisotopic (exact) mass is 366 g/mol. The number of nitrogens with one attached hydrogen (secondary N) is 1. The lowest BCUT2D eigenvalue weighted by Crippen LogP contribution is -2.34. The summed E-state index contributed by atoms with van der Waals surface area (Å²) in [6.07, 6.45) is 1.70. The van der Waals surface area contributed by atoms with E-state index in [1.165, 1.54) is 0 Å². The number of ether oxygens (including phenoxy) is 2. The molecule has 3 rings (SSSR count). The molecule has 0 fully saturated rings. The van der Waals surface area contributed by atoms with Crippen molar-refractivity contribution in [2.45, 2.75) is 6.04 Å². The van der Waals surface area contributed by atoms with Crippen LogP contribution in [0.4, 0.5) is 0 Å². The van der Waals surface area contributed by atoms with Gasteiger partial charge in [-0.15, -0.1) is 0 Å². The van der Waals surface area contributed by atoms with E-state index >= 15 is 0 Å². The molecule has 3 aromatic rings. The van der Waals surface area contributed by atoms with Crippen LogP contribution >= 0.6 is 0 Å². The van der Waals surface area contributed by atoms with Gasteiger partial charge in [0.1, 0.15) is 11.4 Å². The molecule has 0 bridgehead atoms. The summed E-state index contributed by atoms with van der Waals surface area (Å²) in [5, 5.41) is 7.10. The highest BCUT2D eigenvalue weighted by Crippen LogP contribution is 2.29. The molecule has 140 valence electrons. The van der Waals surface area contributed by atoms with Gasteiger partial charge < -0.3 is 14.4 Å². The molecule has 0 saturated carbocycles. The van der Waals surface area contributed by atoms with Gasteiger partial charge in [-0.1, -0.05) is 18.2 Å². The third-order valence-electron chi connectivity index (χ3n) is 4.33. The van der Waals surface area contributed by atoms with Crippen LogP contribution in [0.15, 0.2) is 54.7 Å². The second-order valence-corrected chi connectivity index (χ2v) is 6.01. The van der Waals surface area contributed by atoms with E-state index in [1.807, 2.05) is 42.5 Å². The number of rotatable bonds is 7. The largest absolute Gasteiger partial charge is 0.496 e. The molecule has 2 heterocycles. The first kappa shape index (κ1) is 18.6. The highest BCUT2D eigenvalue weighted by Gasteiger charge is 2.25. The Labute approximate surface area is 158 Å². The zero-order valence-corrected chi connectivity index (χ0v) is 15.5. The molecule has 0 saturated heterocycles. The third kappa shape index (κ3) is 3.98. The fraction of sp³-hybridized carbons (Fsp3) is 0.250. The minimum absolute atomic E-state index is 0.198. The van der Waals surface area contributed by atoms with Gasteiger partial charge in [-0.05, 0) is 30.3 Å². The zero-order chi connectivity index (χ0) is 19.2. The second kappa shape index (κ2) is 8.46. The smallest absolute Gasteiger partial charge is 0.272 e. The van der Waals surface area contributed by atoms with Crippen LogP contribution in [0.5, 0.6) is 5.75 Å². The molecule has 1 N–H and O–H groups in total. The minimum atomic E-state index is -0.304. The van der Waals surface area contributed by atoms with Crippen LogP contribution in [-0.4, -0.2) is 53.9 Å². The van der Waals surface area contributed by atoms with E-state index in [-0.39, 0.29) is 11.9 Å². The Morgan fingerprint density at radius 1 is 1.19 bits per heavy atom. The lowest BCUT2D eigenvalue weighted by atomic mass is 10.1. The standard InChI is InChI=1S/C20H22N4O3/c1-24(18(13-26-2)15-9-6-7-11-21-15)20(25)17-12-16(22-23-17)14-8-4-5-10-19(14)27-3/h4-12,18H,13H2,1-3H3,(H,22,23)/t18-/m1/s1. The summed E-state index contributed by atoms with van der Waals surface area (Å²) in [4.78, 5) is 18.9. The quantitative estimate of drug-likeness (QED) is 0.695. The van der Waals surface area contributed by atoms with Crippen molar-refractivity contribution in [2.24, 2.45) is 0 Å². The van der Waals surface area contributed by atoms with Crippen molar-refractivity contribution in [1.29, 1.82) is 0 Å². The first-order valence-electron chi connectivity index (χ1n) is 8.51. The molecule has 0 aliphatic rings. The molecule has 1 amide bonds. The molecule has 2 aromatic heterocycles. The first-order valence-corrected chi connectivity index (χ1v) is 8.51. The number of carbonyl (C=O) groups excluding carboxylic acids is 1. The fourth-order valence-corrected chi connectivity index (χ4v) is 2.88. The predicted molar refractivity (Wildman–Crippen MR) is 102 cm³/mol. The average molecular weight is 366 g/mol. The molecule has 0 unspecified atom stereocenters. The number of aromatic amines is 1. The van der Waals surface area contributed by atoms with E-state index in [0.717, 1.165) is 11.3 Å². The average Bonchev–Trinajstić information content (AvgIpc) is 3.21. The number of para-hydroxylation sites is 1. The van der Waals surface area contributed by atoms with Crippen molar-refractivity contribution in [2.75, 3.05) is 27.9 Å². The number of nitrogens with zero attached hydrogens (tertiary/aromatic N) is 3. The first-order chi connectivity index (χ1) is 13.2. The van der Waals surface area contributed by atoms with E-state index < -0.39 is 0 Å². The predicted octanol–water partition coefficient (Wildman–Crippen LogP) is 2.94. The van der Waals surface area contributed by atoms with Gasteiger partial charge in [0.05, 0.1) is 31.1 Å². The number of aromatic nitrogens is 3. The summed E-state index contributed by atoms with van der Waals surface area (Å²) in [6, 6.07) is 14.6. The molecule has 0 aliphatic heterocycles. The fourth-order valence-electron chi connectivity index (χ4n) is 2.88. The number of carbonyl (C=O) groups is 1. The van der Waals surface area contributed by atoms with Gasteiger partial charge in [0.2, 0.25) is 0 Å². The van der Waals surface area contributed by atoms with Crippen LogP contribution in [0.1, 0.15) is 22.2 Å². The zero-order valence-electron chi connectivity index (χ0n) is 15.5. The van der Waals surface area contributed by atoms with Crippen LogP contribution in [-0.2, 0) is 4.74 Å². The Bertz CT molecular complexity index is 895. The lowest BCUT2D eigenvalue weighted by Gasteiger charge is -2.26. The summed E-state index contributed by atoms with van der Waals surface area (Å²) in [5.41, 5.74) is 2.61. The van der Waals surface area contributed by atoms with Crippen molar-refractivity contribution in [3.8, 4) is 17.0 Å². The molecule has 0 radical (unpaired) electrons. The van der Waals surface area contributed by atoms with Crippen LogP contribution in [0.2, 0.25) is 0 Å². The minimum Gasteiger partial charge on any atom is -0.496 e. The SMILES string of the molecule is COC[C@H](c1ccccn1)N(C)C(=O)c1cc(-c2ccccc2OC)n[nH]1. The number of pyridine rings is 1. The highest BCUT2D eigenvalue weighted by molar-refractivity contribution is 5.93. The number of methoxy groups -OCH3 is 2. The van der Waals surface area contributed by atoms with E-state index in [1.54, 1.807) is 38.4 Å². The van der Waals surface area contributed by atoms with Gasteiger partial charge in [0.15, 0.2) is 0 Å². The maximum atomic E-state index is 13.0. The van der Waals surface area contributed by atoms with Gasteiger partial charge in [0.25, 0.3) is 5.91 Å². The molecule has 7 nitrogen and oxygen atoms in total. The summed E-state index contributed by atoms with van der Waals surface area (Å²) >= 11 is 0. The van der Waals surface area contributed by atoms with Crippen molar-refractivity contribution in [3.05, 3.63) is 66.1 Å². The Balaban J connectivity index is 1.86. The van der Waals surface area contributed by atoms with Crippen molar-refractivity contribution >= 4 is 5.91 Å². The van der Waals surface area contributed by atoms with Gasteiger partial charge in [-0.25, -0.2) is 0 Å². The van der Waals surface area contributed by atoms with E-state index in [0.29, 0.717) is 23.7 Å². The van der Waals surface area contributed by atoms with Gasteiger partial charge in [0, 0.05) is 25.9 Å². The number of H-pyrrole nitrogens is 1.